The van der Waals surface area contributed by atoms with E-state index in [1.807, 2.05) is 0 Å². The van der Waals surface area contributed by atoms with Gasteiger partial charge in [-0.25, -0.2) is 9.97 Å². The Balaban J connectivity index is 2.48. The molecule has 0 unspecified atom stereocenters. The molecule has 0 atom stereocenters. The first kappa shape index (κ1) is 13.5. The third kappa shape index (κ3) is 3.49. The molecule has 0 saturated heterocycles. The summed E-state index contributed by atoms with van der Waals surface area (Å²) in [6.45, 7) is 0. The molecule has 19 heavy (non-hydrogen) atoms. The summed E-state index contributed by atoms with van der Waals surface area (Å²) in [6, 6.07) is 6.62. The topological polar surface area (TPSA) is 84.1 Å². The Morgan fingerprint density at radius 3 is 2.79 bits per heavy atom. The molecule has 2 aromatic rings. The lowest BCUT2D eigenvalue weighted by Crippen LogP contribution is -1.97. The maximum absolute atomic E-state index is 9.40. The predicted molar refractivity (Wildman–Crippen MR) is 75.9 cm³/mol. The highest BCUT2D eigenvalue weighted by atomic mass is 35.5. The van der Waals surface area contributed by atoms with Gasteiger partial charge in [-0.1, -0.05) is 23.2 Å². The highest BCUT2D eigenvalue weighted by Gasteiger charge is 2.08. The highest BCUT2D eigenvalue weighted by Crippen LogP contribution is 2.30. The maximum Gasteiger partial charge on any atom is 0.214 e. The van der Waals surface area contributed by atoms with Crippen molar-refractivity contribution < 1.29 is 5.11 Å². The van der Waals surface area contributed by atoms with Gasteiger partial charge < -0.3 is 16.2 Å². The molecule has 0 fully saturated rings. The van der Waals surface area contributed by atoms with Gasteiger partial charge >= 0.3 is 0 Å². The molecule has 0 aliphatic rings. The van der Waals surface area contributed by atoms with Crippen LogP contribution in [0.2, 0.25) is 5.02 Å². The van der Waals surface area contributed by atoms with Gasteiger partial charge in [0, 0.05) is 28.5 Å². The smallest absolute Gasteiger partial charge is 0.214 e. The monoisotopic (exact) mass is 296 g/mol. The maximum atomic E-state index is 9.40. The van der Waals surface area contributed by atoms with Crippen LogP contribution >= 0.6 is 23.2 Å². The van der Waals surface area contributed by atoms with Crippen molar-refractivity contribution in [1.29, 1.82) is 0 Å². The van der Waals surface area contributed by atoms with Gasteiger partial charge in [0.25, 0.3) is 0 Å². The Morgan fingerprint density at radius 1 is 1.32 bits per heavy atom. The fourth-order valence-corrected chi connectivity index (χ4v) is 1.72. The van der Waals surface area contributed by atoms with Crippen LogP contribution in [0.4, 0.5) is 5.69 Å². The van der Waals surface area contributed by atoms with Crippen molar-refractivity contribution in [2.24, 2.45) is 5.73 Å². The van der Waals surface area contributed by atoms with Crippen LogP contribution in [0.25, 0.3) is 11.3 Å². The van der Waals surface area contributed by atoms with Crippen molar-refractivity contribution in [3.8, 4) is 17.1 Å². The van der Waals surface area contributed by atoms with Gasteiger partial charge in [-0.15, -0.1) is 0 Å². The molecule has 2 rings (SSSR count). The van der Waals surface area contributed by atoms with Crippen molar-refractivity contribution in [1.82, 2.24) is 9.97 Å². The normalized spacial score (nSPS) is 11.4. The number of aromatic nitrogens is 2. The minimum Gasteiger partial charge on any atom is -0.493 e. The number of nitrogens with one attached hydrogen (secondary N) is 1. The van der Waals surface area contributed by atoms with Crippen molar-refractivity contribution >= 4 is 28.9 Å². The summed E-state index contributed by atoms with van der Waals surface area (Å²) < 4.78 is 0. The molecular weight excluding hydrogens is 287 g/mol. The van der Waals surface area contributed by atoms with Crippen molar-refractivity contribution in [2.75, 3.05) is 5.32 Å². The lowest BCUT2D eigenvalue weighted by atomic mass is 10.1. The van der Waals surface area contributed by atoms with Crippen molar-refractivity contribution in [3.05, 3.63) is 47.0 Å². The fraction of sp³-hybridized carbons (Fsp3) is 0. The molecule has 0 aliphatic carbocycles. The SMILES string of the molecule is N/C(Cl)=C\Nc1ccc(Cl)cc1-c1cc(O)ncn1. The molecule has 0 amide bonds. The second kappa shape index (κ2) is 5.77. The molecule has 98 valence electrons. The van der Waals surface area contributed by atoms with Crippen molar-refractivity contribution in [2.45, 2.75) is 0 Å². The van der Waals surface area contributed by atoms with Gasteiger partial charge in [0.15, 0.2) is 0 Å². The number of nitrogens with two attached hydrogens (primary N) is 1. The molecule has 0 saturated carbocycles. The minimum atomic E-state index is -0.122. The van der Waals surface area contributed by atoms with E-state index in [4.69, 9.17) is 28.9 Å². The van der Waals surface area contributed by atoms with Crippen LogP contribution in [0.1, 0.15) is 0 Å². The van der Waals surface area contributed by atoms with Crippen LogP contribution in [0, 0.1) is 0 Å². The quantitative estimate of drug-likeness (QED) is 0.759. The molecule has 1 heterocycles. The minimum absolute atomic E-state index is 0.117. The first-order chi connectivity index (χ1) is 9.06. The van der Waals surface area contributed by atoms with Crippen LogP contribution in [-0.2, 0) is 0 Å². The number of aromatic hydroxyl groups is 1. The average Bonchev–Trinajstić information content (AvgIpc) is 2.37. The summed E-state index contributed by atoms with van der Waals surface area (Å²) in [4.78, 5) is 7.71. The summed E-state index contributed by atoms with van der Waals surface area (Å²) in [5.74, 6) is -0.122. The Hall–Kier alpha value is -1.98. The third-order valence-corrected chi connectivity index (χ3v) is 2.62. The van der Waals surface area contributed by atoms with E-state index in [-0.39, 0.29) is 11.0 Å². The van der Waals surface area contributed by atoms with E-state index < -0.39 is 0 Å². The number of benzene rings is 1. The Labute approximate surface area is 119 Å². The second-order valence-electron chi connectivity index (χ2n) is 3.62. The molecule has 0 aliphatic heterocycles. The molecule has 0 bridgehead atoms. The van der Waals surface area contributed by atoms with Crippen LogP contribution in [0.15, 0.2) is 41.9 Å². The van der Waals surface area contributed by atoms with Gasteiger partial charge in [-0.2, -0.15) is 0 Å². The van der Waals surface area contributed by atoms with Crippen LogP contribution in [0.5, 0.6) is 5.88 Å². The Morgan fingerprint density at radius 2 is 2.11 bits per heavy atom. The number of hydrogen-bond donors (Lipinski definition) is 3. The van der Waals surface area contributed by atoms with E-state index >= 15 is 0 Å². The van der Waals surface area contributed by atoms with E-state index in [9.17, 15) is 5.11 Å². The van der Waals surface area contributed by atoms with Crippen LogP contribution < -0.4 is 11.1 Å². The molecular formula is C12H10Cl2N4O. The van der Waals surface area contributed by atoms with Gasteiger partial charge in [0.1, 0.15) is 11.5 Å². The number of nitrogens with zero attached hydrogens (tertiary/aromatic N) is 2. The summed E-state index contributed by atoms with van der Waals surface area (Å²) in [7, 11) is 0. The van der Waals surface area contributed by atoms with E-state index in [0.717, 1.165) is 0 Å². The van der Waals surface area contributed by atoms with Crippen molar-refractivity contribution in [3.63, 3.8) is 0 Å². The third-order valence-electron chi connectivity index (χ3n) is 2.28. The van der Waals surface area contributed by atoms with Gasteiger partial charge in [-0.05, 0) is 18.2 Å². The first-order valence-corrected chi connectivity index (χ1v) is 6.00. The van der Waals surface area contributed by atoms with E-state index in [1.54, 1.807) is 18.2 Å². The van der Waals surface area contributed by atoms with E-state index in [1.165, 1.54) is 18.6 Å². The lowest BCUT2D eigenvalue weighted by Gasteiger charge is -2.09. The molecule has 1 aromatic heterocycles. The van der Waals surface area contributed by atoms with Gasteiger partial charge in [0.2, 0.25) is 5.88 Å². The van der Waals surface area contributed by atoms with Crippen LogP contribution in [-0.4, -0.2) is 15.1 Å². The lowest BCUT2D eigenvalue weighted by molar-refractivity contribution is 0.452. The van der Waals surface area contributed by atoms with Gasteiger partial charge in [0.05, 0.1) is 5.69 Å². The number of rotatable bonds is 3. The Bertz CT molecular complexity index is 627. The number of anilines is 1. The summed E-state index contributed by atoms with van der Waals surface area (Å²) in [6.07, 6.45) is 2.70. The second-order valence-corrected chi connectivity index (χ2v) is 4.50. The highest BCUT2D eigenvalue weighted by molar-refractivity contribution is 6.31. The molecule has 1 aromatic carbocycles. The summed E-state index contributed by atoms with van der Waals surface area (Å²) >= 11 is 11.5. The first-order valence-electron chi connectivity index (χ1n) is 5.25. The number of hydrogen-bond acceptors (Lipinski definition) is 5. The zero-order valence-corrected chi connectivity index (χ0v) is 11.2. The fourth-order valence-electron chi connectivity index (χ4n) is 1.50. The summed E-state index contributed by atoms with van der Waals surface area (Å²) in [5, 5.41) is 13.0. The molecule has 5 nitrogen and oxygen atoms in total. The average molecular weight is 297 g/mol. The molecule has 7 heteroatoms. The predicted octanol–water partition coefficient (Wildman–Crippen LogP) is 2.91. The molecule has 0 radical (unpaired) electrons. The van der Waals surface area contributed by atoms with Gasteiger partial charge in [-0.3, -0.25) is 0 Å². The van der Waals surface area contributed by atoms with E-state index in [0.29, 0.717) is 22.0 Å². The number of halogens is 2. The Kier molecular flexibility index (Phi) is 4.09. The van der Waals surface area contributed by atoms with E-state index in [2.05, 4.69) is 15.3 Å². The summed E-state index contributed by atoms with van der Waals surface area (Å²) in [5.41, 5.74) is 7.28. The largest absolute Gasteiger partial charge is 0.493 e. The molecule has 4 N–H and O–H groups in total. The molecule has 0 spiro atoms. The zero-order valence-electron chi connectivity index (χ0n) is 9.64. The van der Waals surface area contributed by atoms with Crippen LogP contribution in [0.3, 0.4) is 0 Å². The zero-order chi connectivity index (χ0) is 13.8. The standard InChI is InChI=1S/C12H10Cl2N4O/c13-7-1-2-9(16-5-11(14)15)8(3-7)10-4-12(19)18-6-17-10/h1-6,16H,15H2,(H,17,18,19)/b11-5-.